The highest BCUT2D eigenvalue weighted by Gasteiger charge is 2.31. The predicted molar refractivity (Wildman–Crippen MR) is 108 cm³/mol. The Labute approximate surface area is 160 Å². The topological polar surface area (TPSA) is 53.0 Å². The van der Waals surface area contributed by atoms with E-state index in [1.165, 1.54) is 0 Å². The Morgan fingerprint density at radius 2 is 1.70 bits per heavy atom. The van der Waals surface area contributed by atoms with Crippen molar-refractivity contribution in [1.82, 2.24) is 4.90 Å². The zero-order valence-electron chi connectivity index (χ0n) is 16.3. The monoisotopic (exact) mass is 366 g/mol. The lowest BCUT2D eigenvalue weighted by molar-refractivity contribution is 0.101. The fraction of sp³-hybridized carbons (Fsp3) is 0.318. The molecule has 0 unspecified atom stereocenters. The lowest BCUT2D eigenvalue weighted by Crippen LogP contribution is -2.21. The third kappa shape index (κ3) is 3.83. The molecule has 0 spiro atoms. The summed E-state index contributed by atoms with van der Waals surface area (Å²) >= 11 is 0. The van der Waals surface area contributed by atoms with Crippen LogP contribution in [0.15, 0.2) is 42.2 Å². The van der Waals surface area contributed by atoms with Crippen LogP contribution < -0.4 is 9.64 Å². The van der Waals surface area contributed by atoms with Crippen LogP contribution in [0.4, 0.5) is 5.69 Å². The summed E-state index contributed by atoms with van der Waals surface area (Å²) in [5, 5.41) is 10.2. The van der Waals surface area contributed by atoms with Crippen molar-refractivity contribution in [3.63, 3.8) is 0 Å². The van der Waals surface area contributed by atoms with E-state index in [0.29, 0.717) is 23.4 Å². The zero-order chi connectivity index (χ0) is 19.6. The second kappa shape index (κ2) is 7.84. The van der Waals surface area contributed by atoms with E-state index in [1.807, 2.05) is 31.1 Å². The number of aromatic hydroxyl groups is 1. The molecule has 27 heavy (non-hydrogen) atoms. The fourth-order valence-corrected chi connectivity index (χ4v) is 3.29. The molecule has 0 aliphatic carbocycles. The first-order valence-corrected chi connectivity index (χ1v) is 9.23. The molecule has 0 atom stereocenters. The number of ketones is 1. The third-order valence-electron chi connectivity index (χ3n) is 4.71. The molecule has 2 aromatic carbocycles. The van der Waals surface area contributed by atoms with E-state index in [4.69, 9.17) is 4.74 Å². The molecule has 0 bridgehead atoms. The van der Waals surface area contributed by atoms with Crippen LogP contribution in [-0.2, 0) is 6.54 Å². The van der Waals surface area contributed by atoms with Crippen LogP contribution in [0.1, 0.15) is 35.3 Å². The summed E-state index contributed by atoms with van der Waals surface area (Å²) in [5.41, 5.74) is 3.18. The minimum atomic E-state index is -0.155. The zero-order valence-corrected chi connectivity index (χ0v) is 16.3. The quantitative estimate of drug-likeness (QED) is 0.786. The molecule has 0 amide bonds. The van der Waals surface area contributed by atoms with Gasteiger partial charge in [0.1, 0.15) is 11.5 Å². The van der Waals surface area contributed by atoms with E-state index >= 15 is 0 Å². The van der Waals surface area contributed by atoms with Crippen molar-refractivity contribution in [1.29, 1.82) is 0 Å². The number of ether oxygens (including phenoxy) is 1. The Morgan fingerprint density at radius 1 is 1.04 bits per heavy atom. The molecule has 2 aromatic rings. The van der Waals surface area contributed by atoms with Gasteiger partial charge in [0.25, 0.3) is 0 Å². The average Bonchev–Trinajstić information content (AvgIpc) is 2.96. The van der Waals surface area contributed by atoms with E-state index in [0.717, 1.165) is 24.3 Å². The van der Waals surface area contributed by atoms with Crippen LogP contribution in [0.25, 0.3) is 6.08 Å². The Bertz CT molecular complexity index is 866. The molecule has 1 N–H and O–H groups in total. The SMILES string of the molecule is CCN(CC)c1ccc(C=C2Oc3c(ccc(O)c3CN(C)C)C2=O)cc1. The number of Topliss-reactive ketones (excluding diaryl/α,β-unsaturated/α-hetero) is 1. The Morgan fingerprint density at radius 3 is 2.30 bits per heavy atom. The van der Waals surface area contributed by atoms with Gasteiger partial charge in [0, 0.05) is 25.3 Å². The number of phenolic OH excluding ortho intramolecular Hbond substituents is 1. The van der Waals surface area contributed by atoms with Gasteiger partial charge in [0.15, 0.2) is 5.76 Å². The molecule has 1 aliphatic rings. The van der Waals surface area contributed by atoms with Gasteiger partial charge in [-0.1, -0.05) is 12.1 Å². The van der Waals surface area contributed by atoms with Crippen molar-refractivity contribution >= 4 is 17.5 Å². The van der Waals surface area contributed by atoms with E-state index in [-0.39, 0.29) is 17.3 Å². The van der Waals surface area contributed by atoms with Gasteiger partial charge >= 0.3 is 0 Å². The highest BCUT2D eigenvalue weighted by molar-refractivity contribution is 6.15. The Kier molecular flexibility index (Phi) is 5.51. The van der Waals surface area contributed by atoms with Crippen molar-refractivity contribution in [2.45, 2.75) is 20.4 Å². The van der Waals surface area contributed by atoms with Gasteiger partial charge in [0.2, 0.25) is 5.78 Å². The molecule has 0 aromatic heterocycles. The standard InChI is InChI=1S/C22H26N2O3/c1-5-24(6-2)16-9-7-15(8-10-16)13-20-21(26)17-11-12-19(25)18(14-23(3)4)22(17)27-20/h7-13,25H,5-6,14H2,1-4H3. The fourth-order valence-electron chi connectivity index (χ4n) is 3.29. The number of nitrogens with zero attached hydrogens (tertiary/aromatic N) is 2. The van der Waals surface area contributed by atoms with Crippen molar-refractivity contribution in [2.24, 2.45) is 0 Å². The first-order chi connectivity index (χ1) is 12.9. The van der Waals surface area contributed by atoms with Crippen molar-refractivity contribution in [3.8, 4) is 11.5 Å². The summed E-state index contributed by atoms with van der Waals surface area (Å²) in [6.07, 6.45) is 1.75. The number of hydrogen-bond acceptors (Lipinski definition) is 5. The molecular formula is C22H26N2O3. The number of carbonyl (C=O) groups is 1. The molecule has 5 nitrogen and oxygen atoms in total. The molecule has 142 valence electrons. The minimum Gasteiger partial charge on any atom is -0.507 e. The second-order valence-corrected chi connectivity index (χ2v) is 6.88. The first-order valence-electron chi connectivity index (χ1n) is 9.23. The van der Waals surface area contributed by atoms with Gasteiger partial charge in [-0.05, 0) is 63.8 Å². The first kappa shape index (κ1) is 19.0. The molecule has 1 aliphatic heterocycles. The van der Waals surface area contributed by atoms with Crippen LogP contribution in [0.3, 0.4) is 0 Å². The van der Waals surface area contributed by atoms with Crippen molar-refractivity contribution < 1.29 is 14.6 Å². The van der Waals surface area contributed by atoms with E-state index < -0.39 is 0 Å². The number of allylic oxidation sites excluding steroid dienone is 1. The molecule has 3 rings (SSSR count). The average molecular weight is 366 g/mol. The van der Waals surface area contributed by atoms with Gasteiger partial charge < -0.3 is 19.6 Å². The van der Waals surface area contributed by atoms with Gasteiger partial charge in [0.05, 0.1) is 11.1 Å². The second-order valence-electron chi connectivity index (χ2n) is 6.88. The van der Waals surface area contributed by atoms with Gasteiger partial charge in [-0.25, -0.2) is 0 Å². The van der Waals surface area contributed by atoms with Crippen molar-refractivity contribution in [2.75, 3.05) is 32.1 Å². The summed E-state index contributed by atoms with van der Waals surface area (Å²) in [6, 6.07) is 11.2. The van der Waals surface area contributed by atoms with Gasteiger partial charge in [-0.2, -0.15) is 0 Å². The van der Waals surface area contributed by atoms with Gasteiger partial charge in [-0.3, -0.25) is 4.79 Å². The van der Waals surface area contributed by atoms with Gasteiger partial charge in [-0.15, -0.1) is 0 Å². The Hall–Kier alpha value is -2.79. The highest BCUT2D eigenvalue weighted by Crippen LogP contribution is 2.39. The number of hydrogen-bond donors (Lipinski definition) is 1. The summed E-state index contributed by atoms with van der Waals surface area (Å²) in [4.78, 5) is 16.9. The lowest BCUT2D eigenvalue weighted by Gasteiger charge is -2.20. The number of rotatable bonds is 6. The molecule has 0 fully saturated rings. The van der Waals surface area contributed by atoms with E-state index in [2.05, 4.69) is 30.9 Å². The normalized spacial score (nSPS) is 14.6. The molecule has 1 heterocycles. The summed E-state index contributed by atoms with van der Waals surface area (Å²) < 4.78 is 5.87. The Balaban J connectivity index is 1.89. The number of carbonyl (C=O) groups excluding carboxylic acids is 1. The molecule has 0 saturated carbocycles. The molecule has 0 radical (unpaired) electrons. The summed E-state index contributed by atoms with van der Waals surface area (Å²) in [5.74, 6) is 0.726. The smallest absolute Gasteiger partial charge is 0.231 e. The van der Waals surface area contributed by atoms with Crippen molar-refractivity contribution in [3.05, 3.63) is 58.8 Å². The number of anilines is 1. The molecule has 5 heteroatoms. The number of benzene rings is 2. The number of fused-ring (bicyclic) bond motifs is 1. The summed E-state index contributed by atoms with van der Waals surface area (Å²) in [7, 11) is 3.81. The maximum atomic E-state index is 12.7. The maximum absolute atomic E-state index is 12.7. The van der Waals surface area contributed by atoms with Crippen LogP contribution in [0.2, 0.25) is 0 Å². The van der Waals surface area contributed by atoms with E-state index in [9.17, 15) is 9.90 Å². The minimum absolute atomic E-state index is 0.139. The highest BCUT2D eigenvalue weighted by atomic mass is 16.5. The van der Waals surface area contributed by atoms with Crippen LogP contribution in [-0.4, -0.2) is 43.0 Å². The van der Waals surface area contributed by atoms with Crippen LogP contribution in [0.5, 0.6) is 11.5 Å². The lowest BCUT2D eigenvalue weighted by atomic mass is 10.0. The molecular weight excluding hydrogens is 340 g/mol. The van der Waals surface area contributed by atoms with E-state index in [1.54, 1.807) is 18.2 Å². The van der Waals surface area contributed by atoms with Crippen LogP contribution >= 0.6 is 0 Å². The third-order valence-corrected chi connectivity index (χ3v) is 4.71. The number of phenols is 1. The maximum Gasteiger partial charge on any atom is 0.231 e. The largest absolute Gasteiger partial charge is 0.507 e. The molecule has 0 saturated heterocycles. The summed E-state index contributed by atoms with van der Waals surface area (Å²) in [6.45, 7) is 6.65. The van der Waals surface area contributed by atoms with Crippen LogP contribution in [0, 0.1) is 0 Å². The predicted octanol–water partition coefficient (Wildman–Crippen LogP) is 3.92.